The smallest absolute Gasteiger partial charge is 0.412 e. The molecular weight excluding hydrogens is 326 g/mol. The standard InChI is InChI=1S/C17H19N3O3S/c1-17(2,3)23-16(21)18-10-7-8-11(22-4)14-13(10)19-15(20-14)12-6-5-9-24-12/h5-9H,1-4H3,(H,18,21)(H,19,20). The Bertz CT molecular complexity index is 863. The zero-order valence-electron chi connectivity index (χ0n) is 14.0. The van der Waals surface area contributed by atoms with Gasteiger partial charge in [0.25, 0.3) is 0 Å². The molecule has 2 heterocycles. The number of nitrogens with one attached hydrogen (secondary N) is 2. The Morgan fingerprint density at radius 3 is 2.71 bits per heavy atom. The Balaban J connectivity index is 2.01. The minimum absolute atomic E-state index is 0.519. The second-order valence-electron chi connectivity index (χ2n) is 6.23. The summed E-state index contributed by atoms with van der Waals surface area (Å²) in [6.45, 7) is 5.46. The lowest BCUT2D eigenvalue weighted by Gasteiger charge is -2.19. The lowest BCUT2D eigenvalue weighted by Crippen LogP contribution is -2.27. The molecule has 0 saturated heterocycles. The van der Waals surface area contributed by atoms with Crippen LogP contribution in [0.15, 0.2) is 29.6 Å². The van der Waals surface area contributed by atoms with Gasteiger partial charge in [0.1, 0.15) is 28.2 Å². The SMILES string of the molecule is COc1ccc(NC(=O)OC(C)(C)C)c2nc(-c3cccs3)[nH]c12. The van der Waals surface area contributed by atoms with Gasteiger partial charge in [0.2, 0.25) is 0 Å². The van der Waals surface area contributed by atoms with Crippen LogP contribution in [0.2, 0.25) is 0 Å². The molecule has 3 aromatic rings. The molecule has 0 spiro atoms. The molecule has 0 aliphatic rings. The summed E-state index contributed by atoms with van der Waals surface area (Å²) >= 11 is 1.59. The fourth-order valence-corrected chi connectivity index (χ4v) is 2.95. The van der Waals surface area contributed by atoms with Crippen LogP contribution in [0.3, 0.4) is 0 Å². The molecule has 2 aromatic heterocycles. The van der Waals surface area contributed by atoms with Crippen molar-refractivity contribution in [2.75, 3.05) is 12.4 Å². The van der Waals surface area contributed by atoms with E-state index in [1.54, 1.807) is 30.6 Å². The molecule has 126 valence electrons. The van der Waals surface area contributed by atoms with Crippen molar-refractivity contribution in [2.24, 2.45) is 0 Å². The highest BCUT2D eigenvalue weighted by atomic mass is 32.1. The number of thiophene rings is 1. The monoisotopic (exact) mass is 345 g/mol. The van der Waals surface area contributed by atoms with Gasteiger partial charge in [0.15, 0.2) is 0 Å². The molecule has 2 N–H and O–H groups in total. The topological polar surface area (TPSA) is 76.2 Å². The Hall–Kier alpha value is -2.54. The van der Waals surface area contributed by atoms with Crippen molar-refractivity contribution in [3.05, 3.63) is 29.6 Å². The molecule has 0 aliphatic heterocycles. The van der Waals surface area contributed by atoms with Crippen molar-refractivity contribution < 1.29 is 14.3 Å². The maximum atomic E-state index is 12.1. The van der Waals surface area contributed by atoms with Crippen LogP contribution in [0.5, 0.6) is 5.75 Å². The van der Waals surface area contributed by atoms with Crippen LogP contribution in [-0.2, 0) is 4.74 Å². The van der Waals surface area contributed by atoms with Crippen molar-refractivity contribution in [2.45, 2.75) is 26.4 Å². The number of aromatic amines is 1. The van der Waals surface area contributed by atoms with Crippen LogP contribution >= 0.6 is 11.3 Å². The van der Waals surface area contributed by atoms with E-state index < -0.39 is 11.7 Å². The van der Waals surface area contributed by atoms with Gasteiger partial charge in [-0.3, -0.25) is 5.32 Å². The number of anilines is 1. The Labute approximate surface area is 143 Å². The summed E-state index contributed by atoms with van der Waals surface area (Å²) in [5.74, 6) is 1.40. The number of nitrogens with zero attached hydrogens (tertiary/aromatic N) is 1. The zero-order chi connectivity index (χ0) is 17.3. The van der Waals surface area contributed by atoms with Crippen LogP contribution in [0.4, 0.5) is 10.5 Å². The number of methoxy groups -OCH3 is 1. The number of carbonyl (C=O) groups is 1. The summed E-state index contributed by atoms with van der Waals surface area (Å²) in [4.78, 5) is 21.0. The van der Waals surface area contributed by atoms with Crippen molar-refractivity contribution in [1.82, 2.24) is 9.97 Å². The molecule has 0 aliphatic carbocycles. The quantitative estimate of drug-likeness (QED) is 0.724. The largest absolute Gasteiger partial charge is 0.494 e. The second-order valence-corrected chi connectivity index (χ2v) is 7.18. The summed E-state index contributed by atoms with van der Waals surface area (Å²) in [7, 11) is 1.60. The predicted molar refractivity (Wildman–Crippen MR) is 95.8 cm³/mol. The molecule has 0 fully saturated rings. The molecule has 0 radical (unpaired) electrons. The van der Waals surface area contributed by atoms with Crippen LogP contribution in [0.1, 0.15) is 20.8 Å². The first kappa shape index (κ1) is 16.3. The van der Waals surface area contributed by atoms with E-state index in [1.807, 2.05) is 38.3 Å². The van der Waals surface area contributed by atoms with Crippen LogP contribution in [0, 0.1) is 0 Å². The van der Waals surface area contributed by atoms with E-state index in [4.69, 9.17) is 9.47 Å². The molecule has 0 unspecified atom stereocenters. The third-order valence-electron chi connectivity index (χ3n) is 3.22. The zero-order valence-corrected chi connectivity index (χ0v) is 14.8. The van der Waals surface area contributed by atoms with Gasteiger partial charge >= 0.3 is 6.09 Å². The maximum absolute atomic E-state index is 12.1. The first-order valence-corrected chi connectivity index (χ1v) is 8.36. The Morgan fingerprint density at radius 1 is 1.29 bits per heavy atom. The number of aromatic nitrogens is 2. The first-order chi connectivity index (χ1) is 11.4. The highest BCUT2D eigenvalue weighted by Gasteiger charge is 2.19. The van der Waals surface area contributed by atoms with Crippen molar-refractivity contribution in [3.63, 3.8) is 0 Å². The van der Waals surface area contributed by atoms with Crippen molar-refractivity contribution in [3.8, 4) is 16.5 Å². The van der Waals surface area contributed by atoms with E-state index in [0.29, 0.717) is 17.0 Å². The number of imidazole rings is 1. The summed E-state index contributed by atoms with van der Waals surface area (Å²) in [5.41, 5.74) is 1.36. The molecule has 1 aromatic carbocycles. The minimum atomic E-state index is -0.566. The number of ether oxygens (including phenoxy) is 2. The Kier molecular flexibility index (Phi) is 4.19. The molecule has 0 atom stereocenters. The fourth-order valence-electron chi connectivity index (χ4n) is 2.28. The molecule has 6 nitrogen and oxygen atoms in total. The number of rotatable bonds is 3. The van der Waals surface area contributed by atoms with E-state index in [-0.39, 0.29) is 0 Å². The van der Waals surface area contributed by atoms with Gasteiger partial charge in [-0.1, -0.05) is 6.07 Å². The summed E-state index contributed by atoms with van der Waals surface area (Å²) in [6, 6.07) is 7.48. The molecule has 7 heteroatoms. The average Bonchev–Trinajstić information content (AvgIpc) is 3.14. The molecule has 0 saturated carbocycles. The van der Waals surface area contributed by atoms with Gasteiger partial charge in [-0.25, -0.2) is 9.78 Å². The number of H-pyrrole nitrogens is 1. The van der Waals surface area contributed by atoms with E-state index in [1.165, 1.54) is 0 Å². The number of carbonyl (C=O) groups excluding carboxylic acids is 1. The molecule has 24 heavy (non-hydrogen) atoms. The Morgan fingerprint density at radius 2 is 2.08 bits per heavy atom. The number of amides is 1. The summed E-state index contributed by atoms with van der Waals surface area (Å²) < 4.78 is 10.7. The molecular formula is C17H19N3O3S. The van der Waals surface area contributed by atoms with Gasteiger partial charge in [0, 0.05) is 0 Å². The number of fused-ring (bicyclic) bond motifs is 1. The predicted octanol–water partition coefficient (Wildman–Crippen LogP) is 4.65. The van der Waals surface area contributed by atoms with E-state index in [0.717, 1.165) is 16.2 Å². The highest BCUT2D eigenvalue weighted by molar-refractivity contribution is 7.13. The van der Waals surface area contributed by atoms with Crippen LogP contribution in [-0.4, -0.2) is 28.8 Å². The van der Waals surface area contributed by atoms with E-state index in [9.17, 15) is 4.79 Å². The van der Waals surface area contributed by atoms with Crippen molar-refractivity contribution in [1.29, 1.82) is 0 Å². The second kappa shape index (κ2) is 6.16. The lowest BCUT2D eigenvalue weighted by atomic mass is 10.2. The van der Waals surface area contributed by atoms with Crippen LogP contribution in [0.25, 0.3) is 21.7 Å². The van der Waals surface area contributed by atoms with Gasteiger partial charge in [-0.15, -0.1) is 11.3 Å². The average molecular weight is 345 g/mol. The third-order valence-corrected chi connectivity index (χ3v) is 4.09. The third kappa shape index (κ3) is 3.35. The van der Waals surface area contributed by atoms with Gasteiger partial charge in [-0.05, 0) is 44.4 Å². The normalized spacial score (nSPS) is 11.5. The minimum Gasteiger partial charge on any atom is -0.494 e. The maximum Gasteiger partial charge on any atom is 0.412 e. The van der Waals surface area contributed by atoms with Gasteiger partial charge in [0.05, 0.1) is 17.7 Å². The number of hydrogen-bond donors (Lipinski definition) is 2. The summed E-state index contributed by atoms with van der Waals surface area (Å²) in [5, 5.41) is 4.74. The number of hydrogen-bond acceptors (Lipinski definition) is 5. The molecule has 0 bridgehead atoms. The molecule has 3 rings (SSSR count). The summed E-state index contributed by atoms with van der Waals surface area (Å²) in [6.07, 6.45) is -0.519. The van der Waals surface area contributed by atoms with Crippen molar-refractivity contribution >= 4 is 34.2 Å². The van der Waals surface area contributed by atoms with Crippen LogP contribution < -0.4 is 10.1 Å². The molecule has 1 amide bonds. The fraction of sp³-hybridized carbons (Fsp3) is 0.294. The first-order valence-electron chi connectivity index (χ1n) is 7.48. The number of benzene rings is 1. The lowest BCUT2D eigenvalue weighted by molar-refractivity contribution is 0.0636. The highest BCUT2D eigenvalue weighted by Crippen LogP contribution is 2.33. The van der Waals surface area contributed by atoms with Gasteiger partial charge in [-0.2, -0.15) is 0 Å². The van der Waals surface area contributed by atoms with E-state index in [2.05, 4.69) is 15.3 Å². The van der Waals surface area contributed by atoms with E-state index >= 15 is 0 Å². The van der Waals surface area contributed by atoms with Gasteiger partial charge < -0.3 is 14.5 Å².